The lowest BCUT2D eigenvalue weighted by molar-refractivity contribution is 0.00753. The number of aryl methyl sites for hydroxylation is 1. The summed E-state index contributed by atoms with van der Waals surface area (Å²) in [5, 5.41) is 3.79. The molecule has 0 atom stereocenters. The summed E-state index contributed by atoms with van der Waals surface area (Å²) in [6.07, 6.45) is 9.44. The lowest BCUT2D eigenvalue weighted by atomic mass is 9.54. The maximum absolute atomic E-state index is 4.40. The Kier molecular flexibility index (Phi) is 2.39. The quantitative estimate of drug-likeness (QED) is 0.856. The molecule has 0 amide bonds. The minimum Gasteiger partial charge on any atom is -0.381 e. The van der Waals surface area contributed by atoms with Crippen LogP contribution in [0.25, 0.3) is 0 Å². The van der Waals surface area contributed by atoms with Crippen molar-refractivity contribution in [1.29, 1.82) is 0 Å². The second kappa shape index (κ2) is 3.97. The van der Waals surface area contributed by atoms with Gasteiger partial charge in [0.25, 0.3) is 0 Å². The first-order valence-electron chi connectivity index (χ1n) is 7.47. The van der Waals surface area contributed by atoms with Gasteiger partial charge in [0.1, 0.15) is 0 Å². The highest BCUT2D eigenvalue weighted by atomic mass is 15.0. The Bertz CT molecular complexity index is 409. The van der Waals surface area contributed by atoms with E-state index in [0.29, 0.717) is 0 Å². The van der Waals surface area contributed by atoms with Crippen molar-refractivity contribution in [2.45, 2.75) is 45.1 Å². The minimum absolute atomic E-state index is 0.724. The summed E-state index contributed by atoms with van der Waals surface area (Å²) in [7, 11) is 0. The van der Waals surface area contributed by atoms with E-state index in [2.05, 4.69) is 22.4 Å². The van der Waals surface area contributed by atoms with Crippen LogP contribution in [0.4, 0.5) is 5.69 Å². The Morgan fingerprint density at radius 1 is 1.00 bits per heavy atom. The van der Waals surface area contributed by atoms with Gasteiger partial charge in [-0.3, -0.25) is 4.98 Å². The van der Waals surface area contributed by atoms with Crippen molar-refractivity contribution in [3.05, 3.63) is 24.0 Å². The maximum Gasteiger partial charge on any atom is 0.0529 e. The smallest absolute Gasteiger partial charge is 0.0529 e. The summed E-state index contributed by atoms with van der Waals surface area (Å²) in [5.41, 5.74) is 2.32. The predicted molar refractivity (Wildman–Crippen MR) is 73.4 cm³/mol. The second-order valence-corrected chi connectivity index (χ2v) is 6.79. The van der Waals surface area contributed by atoms with E-state index < -0.39 is 0 Å². The van der Waals surface area contributed by atoms with Crippen LogP contribution in [-0.4, -0.2) is 11.0 Å². The zero-order valence-corrected chi connectivity index (χ0v) is 11.1. The Morgan fingerprint density at radius 2 is 1.67 bits per heavy atom. The molecule has 1 aromatic heterocycles. The molecular formula is C16H22N2. The molecule has 18 heavy (non-hydrogen) atoms. The molecule has 96 valence electrons. The summed E-state index contributed by atoms with van der Waals surface area (Å²) in [6.45, 7) is 2.05. The predicted octanol–water partition coefficient (Wildman–Crippen LogP) is 3.63. The van der Waals surface area contributed by atoms with Crippen molar-refractivity contribution in [1.82, 2.24) is 4.98 Å². The summed E-state index contributed by atoms with van der Waals surface area (Å²) >= 11 is 0. The van der Waals surface area contributed by atoms with Crippen LogP contribution in [0.3, 0.4) is 0 Å². The Labute approximate surface area is 109 Å². The van der Waals surface area contributed by atoms with Crippen LogP contribution in [0, 0.1) is 30.6 Å². The van der Waals surface area contributed by atoms with Crippen LogP contribution in [0.1, 0.15) is 37.8 Å². The standard InChI is InChI=1S/C16H22N2/c1-10-2-3-15(9-17-10)18-16-13-5-11-4-12(7-13)8-14(16)6-11/h2-3,9,11-14,16,18H,4-8H2,1H3. The normalized spacial score (nSPS) is 41.1. The fourth-order valence-electron chi connectivity index (χ4n) is 4.91. The molecule has 0 spiro atoms. The molecule has 1 N–H and O–H groups in total. The van der Waals surface area contributed by atoms with Crippen molar-refractivity contribution in [3.63, 3.8) is 0 Å². The number of nitrogens with one attached hydrogen (secondary N) is 1. The minimum atomic E-state index is 0.724. The van der Waals surface area contributed by atoms with E-state index in [4.69, 9.17) is 0 Å². The zero-order chi connectivity index (χ0) is 12.1. The monoisotopic (exact) mass is 242 g/mol. The second-order valence-electron chi connectivity index (χ2n) is 6.79. The van der Waals surface area contributed by atoms with Crippen molar-refractivity contribution in [2.24, 2.45) is 23.7 Å². The third-order valence-corrected chi connectivity index (χ3v) is 5.47. The Balaban J connectivity index is 1.53. The van der Waals surface area contributed by atoms with E-state index in [0.717, 1.165) is 35.4 Å². The van der Waals surface area contributed by atoms with Gasteiger partial charge in [0, 0.05) is 11.7 Å². The van der Waals surface area contributed by atoms with Crippen LogP contribution < -0.4 is 5.32 Å². The van der Waals surface area contributed by atoms with E-state index in [1.165, 1.54) is 37.8 Å². The van der Waals surface area contributed by atoms with Crippen molar-refractivity contribution in [2.75, 3.05) is 5.32 Å². The van der Waals surface area contributed by atoms with Crippen LogP contribution in [-0.2, 0) is 0 Å². The molecule has 0 saturated heterocycles. The summed E-state index contributed by atoms with van der Waals surface area (Å²) < 4.78 is 0. The molecule has 0 aromatic carbocycles. The topological polar surface area (TPSA) is 24.9 Å². The Hall–Kier alpha value is -1.05. The third kappa shape index (κ3) is 1.73. The number of pyridine rings is 1. The van der Waals surface area contributed by atoms with Crippen LogP contribution in [0.5, 0.6) is 0 Å². The molecular weight excluding hydrogens is 220 g/mol. The summed E-state index contributed by atoms with van der Waals surface area (Å²) in [6, 6.07) is 5.02. The largest absolute Gasteiger partial charge is 0.381 e. The molecule has 1 heterocycles. The van der Waals surface area contributed by atoms with Gasteiger partial charge in [0.05, 0.1) is 11.9 Å². The molecule has 1 aromatic rings. The number of hydrogen-bond donors (Lipinski definition) is 1. The molecule has 2 nitrogen and oxygen atoms in total. The van der Waals surface area contributed by atoms with Crippen LogP contribution in [0.15, 0.2) is 18.3 Å². The number of hydrogen-bond acceptors (Lipinski definition) is 2. The Morgan fingerprint density at radius 3 is 2.22 bits per heavy atom. The molecule has 4 aliphatic carbocycles. The molecule has 0 radical (unpaired) electrons. The molecule has 0 unspecified atom stereocenters. The van der Waals surface area contributed by atoms with Crippen molar-refractivity contribution in [3.8, 4) is 0 Å². The highest BCUT2D eigenvalue weighted by Gasteiger charge is 2.48. The summed E-state index contributed by atoms with van der Waals surface area (Å²) in [4.78, 5) is 4.40. The average molecular weight is 242 g/mol. The van der Waals surface area contributed by atoms with Gasteiger partial charge < -0.3 is 5.32 Å². The molecule has 4 aliphatic rings. The molecule has 5 rings (SSSR count). The van der Waals surface area contributed by atoms with Gasteiger partial charge in [-0.2, -0.15) is 0 Å². The van der Waals surface area contributed by atoms with Crippen LogP contribution >= 0.6 is 0 Å². The lowest BCUT2D eigenvalue weighted by Gasteiger charge is -2.54. The summed E-state index contributed by atoms with van der Waals surface area (Å²) in [5.74, 6) is 3.98. The van der Waals surface area contributed by atoms with Gasteiger partial charge in [-0.25, -0.2) is 0 Å². The SMILES string of the molecule is Cc1ccc(NC2C3CC4CC(C3)CC2C4)cn1. The van der Waals surface area contributed by atoms with E-state index in [-0.39, 0.29) is 0 Å². The van der Waals surface area contributed by atoms with Crippen molar-refractivity contribution >= 4 is 5.69 Å². The first-order chi connectivity index (χ1) is 8.78. The molecule has 4 fully saturated rings. The maximum atomic E-state index is 4.40. The first kappa shape index (κ1) is 10.8. The molecule has 2 heteroatoms. The molecule has 0 aliphatic heterocycles. The number of aromatic nitrogens is 1. The first-order valence-corrected chi connectivity index (χ1v) is 7.47. The highest BCUT2D eigenvalue weighted by Crippen LogP contribution is 2.54. The van der Waals surface area contributed by atoms with Gasteiger partial charge in [-0.05, 0) is 74.8 Å². The van der Waals surface area contributed by atoms with Gasteiger partial charge >= 0.3 is 0 Å². The molecule has 4 bridgehead atoms. The van der Waals surface area contributed by atoms with Gasteiger partial charge in [0.15, 0.2) is 0 Å². The van der Waals surface area contributed by atoms with E-state index in [1.54, 1.807) is 0 Å². The van der Waals surface area contributed by atoms with Gasteiger partial charge in [0.2, 0.25) is 0 Å². The van der Waals surface area contributed by atoms with E-state index in [1.807, 2.05) is 13.1 Å². The van der Waals surface area contributed by atoms with Crippen molar-refractivity contribution < 1.29 is 0 Å². The molecule has 4 saturated carbocycles. The fourth-order valence-corrected chi connectivity index (χ4v) is 4.91. The number of rotatable bonds is 2. The van der Waals surface area contributed by atoms with E-state index in [9.17, 15) is 0 Å². The van der Waals surface area contributed by atoms with E-state index >= 15 is 0 Å². The number of nitrogens with zero attached hydrogens (tertiary/aromatic N) is 1. The highest BCUT2D eigenvalue weighted by molar-refractivity contribution is 5.42. The average Bonchev–Trinajstić information content (AvgIpc) is 2.35. The van der Waals surface area contributed by atoms with Gasteiger partial charge in [-0.15, -0.1) is 0 Å². The number of anilines is 1. The fraction of sp³-hybridized carbons (Fsp3) is 0.688. The third-order valence-electron chi connectivity index (χ3n) is 5.47. The van der Waals surface area contributed by atoms with Gasteiger partial charge in [-0.1, -0.05) is 0 Å². The lowest BCUT2D eigenvalue weighted by Crippen LogP contribution is -2.51. The van der Waals surface area contributed by atoms with Crippen LogP contribution in [0.2, 0.25) is 0 Å². The zero-order valence-electron chi connectivity index (χ0n) is 11.1.